The summed E-state index contributed by atoms with van der Waals surface area (Å²) in [5.41, 5.74) is 2.72. The molecule has 0 bridgehead atoms. The van der Waals surface area contributed by atoms with Gasteiger partial charge in [0.05, 0.1) is 0 Å². The lowest BCUT2D eigenvalue weighted by Gasteiger charge is -2.36. The molecule has 0 spiro atoms. The zero-order valence-electron chi connectivity index (χ0n) is 16.9. The van der Waals surface area contributed by atoms with E-state index in [1.54, 1.807) is 0 Å². The lowest BCUT2D eigenvalue weighted by atomic mass is 10.2. The molecule has 0 unspecified atom stereocenters. The number of benzene rings is 1. The number of piperazine rings is 1. The standard InChI is InChI=1S/C21H37N5/c1-4-11-23-21(22-5-2)24-12-6-7-13-25-14-16-26(17-15-25)20-10-8-9-19(3)18-20/h8-10,18H,4-7,11-17H2,1-3H3,(H2,22,23,24). The molecule has 2 rings (SSSR count). The van der Waals surface area contributed by atoms with Crippen LogP contribution in [0.5, 0.6) is 0 Å². The minimum Gasteiger partial charge on any atom is -0.369 e. The number of unbranched alkanes of at least 4 members (excludes halogenated alkanes) is 1. The monoisotopic (exact) mass is 359 g/mol. The van der Waals surface area contributed by atoms with E-state index in [9.17, 15) is 0 Å². The van der Waals surface area contributed by atoms with Gasteiger partial charge in [-0.25, -0.2) is 0 Å². The fraction of sp³-hybridized carbons (Fsp3) is 0.667. The fourth-order valence-electron chi connectivity index (χ4n) is 3.29. The van der Waals surface area contributed by atoms with Gasteiger partial charge in [0.1, 0.15) is 0 Å². The van der Waals surface area contributed by atoms with E-state index in [2.05, 4.69) is 70.5 Å². The van der Waals surface area contributed by atoms with Gasteiger partial charge in [-0.1, -0.05) is 19.1 Å². The van der Waals surface area contributed by atoms with E-state index in [4.69, 9.17) is 0 Å². The predicted molar refractivity (Wildman–Crippen MR) is 113 cm³/mol. The number of rotatable bonds is 9. The first-order chi connectivity index (χ1) is 12.7. The highest BCUT2D eigenvalue weighted by Gasteiger charge is 2.16. The van der Waals surface area contributed by atoms with E-state index in [-0.39, 0.29) is 0 Å². The number of anilines is 1. The number of nitrogens with zero attached hydrogens (tertiary/aromatic N) is 3. The van der Waals surface area contributed by atoms with Gasteiger partial charge in [-0.15, -0.1) is 0 Å². The van der Waals surface area contributed by atoms with E-state index in [0.29, 0.717) is 0 Å². The molecular weight excluding hydrogens is 322 g/mol. The number of nitrogens with one attached hydrogen (secondary N) is 2. The van der Waals surface area contributed by atoms with Crippen LogP contribution in [-0.4, -0.2) is 63.2 Å². The van der Waals surface area contributed by atoms with Crippen LogP contribution < -0.4 is 15.5 Å². The molecule has 1 saturated heterocycles. The maximum absolute atomic E-state index is 4.54. The lowest BCUT2D eigenvalue weighted by molar-refractivity contribution is 0.253. The van der Waals surface area contributed by atoms with Crippen molar-refractivity contribution >= 4 is 11.6 Å². The number of aliphatic imine (C=N–C) groups is 1. The van der Waals surface area contributed by atoms with E-state index >= 15 is 0 Å². The second-order valence-electron chi connectivity index (χ2n) is 7.06. The highest BCUT2D eigenvalue weighted by molar-refractivity contribution is 5.79. The Morgan fingerprint density at radius 3 is 2.58 bits per heavy atom. The molecular formula is C21H37N5. The van der Waals surface area contributed by atoms with Crippen molar-refractivity contribution in [2.24, 2.45) is 4.99 Å². The molecule has 0 aliphatic carbocycles. The third-order valence-electron chi connectivity index (χ3n) is 4.77. The van der Waals surface area contributed by atoms with Crippen LogP contribution in [-0.2, 0) is 0 Å². The molecule has 5 heteroatoms. The first kappa shape index (κ1) is 20.6. The first-order valence-corrected chi connectivity index (χ1v) is 10.3. The summed E-state index contributed by atoms with van der Waals surface area (Å²) < 4.78 is 0. The molecule has 1 aliphatic rings. The number of aryl methyl sites for hydroxylation is 1. The van der Waals surface area contributed by atoms with Crippen LogP contribution in [0.25, 0.3) is 0 Å². The van der Waals surface area contributed by atoms with Gasteiger partial charge in [0.25, 0.3) is 0 Å². The molecule has 0 saturated carbocycles. The highest BCUT2D eigenvalue weighted by Crippen LogP contribution is 2.17. The first-order valence-electron chi connectivity index (χ1n) is 10.3. The van der Waals surface area contributed by atoms with E-state index in [1.807, 2.05) is 0 Å². The van der Waals surface area contributed by atoms with Crippen molar-refractivity contribution < 1.29 is 0 Å². The fourth-order valence-corrected chi connectivity index (χ4v) is 3.29. The average Bonchev–Trinajstić information content (AvgIpc) is 2.66. The van der Waals surface area contributed by atoms with Gasteiger partial charge >= 0.3 is 0 Å². The third-order valence-corrected chi connectivity index (χ3v) is 4.77. The molecule has 1 aromatic carbocycles. The maximum atomic E-state index is 4.54. The van der Waals surface area contributed by atoms with Crippen LogP contribution in [0.4, 0.5) is 5.69 Å². The summed E-state index contributed by atoms with van der Waals surface area (Å²) in [7, 11) is 0. The zero-order chi connectivity index (χ0) is 18.6. The smallest absolute Gasteiger partial charge is 0.191 e. The third kappa shape index (κ3) is 7.24. The molecule has 0 radical (unpaired) electrons. The van der Waals surface area contributed by atoms with Crippen molar-refractivity contribution in [3.8, 4) is 0 Å². The summed E-state index contributed by atoms with van der Waals surface area (Å²) in [6, 6.07) is 8.86. The Bertz CT molecular complexity index is 535. The normalized spacial score (nSPS) is 16.0. The maximum Gasteiger partial charge on any atom is 0.191 e. The summed E-state index contributed by atoms with van der Waals surface area (Å²) in [5.74, 6) is 0.959. The Labute approximate surface area is 159 Å². The van der Waals surface area contributed by atoms with Gasteiger partial charge in [0, 0.05) is 51.5 Å². The van der Waals surface area contributed by atoms with Crippen LogP contribution in [0.3, 0.4) is 0 Å². The van der Waals surface area contributed by atoms with Crippen LogP contribution in [0.2, 0.25) is 0 Å². The van der Waals surface area contributed by atoms with Crippen molar-refractivity contribution in [3.63, 3.8) is 0 Å². The Morgan fingerprint density at radius 1 is 1.08 bits per heavy atom. The molecule has 0 amide bonds. The zero-order valence-corrected chi connectivity index (χ0v) is 16.9. The Hall–Kier alpha value is -1.75. The van der Waals surface area contributed by atoms with Crippen LogP contribution in [0, 0.1) is 6.92 Å². The second-order valence-corrected chi connectivity index (χ2v) is 7.06. The van der Waals surface area contributed by atoms with Gasteiger partial charge in [0.15, 0.2) is 5.96 Å². The topological polar surface area (TPSA) is 42.9 Å². The SMILES string of the molecule is CCCN=C(NCC)NCCCCN1CCN(c2cccc(C)c2)CC1. The predicted octanol–water partition coefficient (Wildman–Crippen LogP) is 2.86. The van der Waals surface area contributed by atoms with Crippen molar-refractivity contribution in [3.05, 3.63) is 29.8 Å². The van der Waals surface area contributed by atoms with Crippen LogP contribution in [0.1, 0.15) is 38.7 Å². The Balaban J connectivity index is 1.60. The number of guanidine groups is 1. The van der Waals surface area contributed by atoms with E-state index in [1.165, 1.54) is 43.7 Å². The Morgan fingerprint density at radius 2 is 1.88 bits per heavy atom. The average molecular weight is 360 g/mol. The quantitative estimate of drug-likeness (QED) is 0.404. The number of hydrogen-bond acceptors (Lipinski definition) is 3. The van der Waals surface area contributed by atoms with E-state index in [0.717, 1.165) is 45.1 Å². The molecule has 5 nitrogen and oxygen atoms in total. The van der Waals surface area contributed by atoms with Gasteiger partial charge in [-0.2, -0.15) is 0 Å². The summed E-state index contributed by atoms with van der Waals surface area (Å²) in [4.78, 5) is 9.65. The molecule has 0 atom stereocenters. The molecule has 1 aromatic rings. The van der Waals surface area contributed by atoms with Crippen molar-refractivity contribution in [1.29, 1.82) is 0 Å². The largest absolute Gasteiger partial charge is 0.369 e. The van der Waals surface area contributed by atoms with Crippen molar-refractivity contribution in [1.82, 2.24) is 15.5 Å². The highest BCUT2D eigenvalue weighted by atomic mass is 15.3. The summed E-state index contributed by atoms with van der Waals surface area (Å²) in [6.07, 6.45) is 3.52. The summed E-state index contributed by atoms with van der Waals surface area (Å²) in [6.45, 7) is 15.1. The van der Waals surface area contributed by atoms with Gasteiger partial charge < -0.3 is 15.5 Å². The summed E-state index contributed by atoms with van der Waals surface area (Å²) >= 11 is 0. The molecule has 2 N–H and O–H groups in total. The van der Waals surface area contributed by atoms with Gasteiger partial charge in [-0.05, 0) is 57.4 Å². The Kier molecular flexibility index (Phi) is 9.32. The van der Waals surface area contributed by atoms with Crippen LogP contribution >= 0.6 is 0 Å². The van der Waals surface area contributed by atoms with Crippen LogP contribution in [0.15, 0.2) is 29.3 Å². The molecule has 1 heterocycles. The second kappa shape index (κ2) is 11.8. The van der Waals surface area contributed by atoms with Crippen molar-refractivity contribution in [2.45, 2.75) is 40.0 Å². The molecule has 1 fully saturated rings. The minimum atomic E-state index is 0.889. The number of hydrogen-bond donors (Lipinski definition) is 2. The molecule has 146 valence electrons. The minimum absolute atomic E-state index is 0.889. The molecule has 0 aromatic heterocycles. The van der Waals surface area contributed by atoms with Gasteiger partial charge in [-0.3, -0.25) is 9.89 Å². The van der Waals surface area contributed by atoms with E-state index < -0.39 is 0 Å². The molecule has 1 aliphatic heterocycles. The van der Waals surface area contributed by atoms with Crippen molar-refractivity contribution in [2.75, 3.05) is 57.3 Å². The summed E-state index contributed by atoms with van der Waals surface area (Å²) in [5, 5.41) is 6.74. The van der Waals surface area contributed by atoms with Gasteiger partial charge in [0.2, 0.25) is 0 Å². The molecule has 26 heavy (non-hydrogen) atoms. The lowest BCUT2D eigenvalue weighted by Crippen LogP contribution is -2.46.